The van der Waals surface area contributed by atoms with Gasteiger partial charge in [0.2, 0.25) is 10.0 Å². The first-order chi connectivity index (χ1) is 9.50. The minimum atomic E-state index is -3.36. The van der Waals surface area contributed by atoms with E-state index in [2.05, 4.69) is 0 Å². The molecule has 0 unspecified atom stereocenters. The quantitative estimate of drug-likeness (QED) is 0.823. The first kappa shape index (κ1) is 15.2. The average molecular weight is 311 g/mol. The second-order valence-electron chi connectivity index (χ2n) is 4.51. The summed E-state index contributed by atoms with van der Waals surface area (Å²) >= 11 is 1.69. The van der Waals surface area contributed by atoms with Gasteiger partial charge in [0.05, 0.1) is 16.9 Å². The Balaban J connectivity index is 2.03. The molecule has 4 nitrogen and oxygen atoms in total. The fraction of sp³-hybridized carbons (Fsp3) is 0.286. The van der Waals surface area contributed by atoms with E-state index < -0.39 is 10.0 Å². The van der Waals surface area contributed by atoms with Gasteiger partial charge in [-0.3, -0.25) is 0 Å². The van der Waals surface area contributed by atoms with Crippen molar-refractivity contribution in [2.45, 2.75) is 16.4 Å². The van der Waals surface area contributed by atoms with E-state index in [4.69, 9.17) is 4.42 Å². The SMILES string of the molecule is CN(C)S(=O)(=O)c1cccc(CSCc2ccco2)c1. The van der Waals surface area contributed by atoms with Crippen LogP contribution in [0, 0.1) is 0 Å². The van der Waals surface area contributed by atoms with Crippen LogP contribution in [0.1, 0.15) is 11.3 Å². The zero-order chi connectivity index (χ0) is 14.6. The van der Waals surface area contributed by atoms with Gasteiger partial charge in [-0.15, -0.1) is 11.8 Å². The minimum Gasteiger partial charge on any atom is -0.468 e. The largest absolute Gasteiger partial charge is 0.468 e. The van der Waals surface area contributed by atoms with Gasteiger partial charge in [0.1, 0.15) is 5.76 Å². The molecular formula is C14H17NO3S2. The fourth-order valence-electron chi connectivity index (χ4n) is 1.67. The molecule has 1 aromatic heterocycles. The molecule has 0 bridgehead atoms. The van der Waals surface area contributed by atoms with Crippen LogP contribution in [0.3, 0.4) is 0 Å². The standard InChI is InChI=1S/C14H17NO3S2/c1-15(2)20(16,17)14-7-3-5-12(9-14)10-19-11-13-6-4-8-18-13/h3-9H,10-11H2,1-2H3. The third kappa shape index (κ3) is 3.65. The highest BCUT2D eigenvalue weighted by atomic mass is 32.2. The Kier molecular flexibility index (Phi) is 4.91. The molecule has 0 amide bonds. The molecule has 2 rings (SSSR count). The molecule has 0 aliphatic rings. The fourth-order valence-corrected chi connectivity index (χ4v) is 3.53. The lowest BCUT2D eigenvalue weighted by Gasteiger charge is -2.12. The van der Waals surface area contributed by atoms with Crippen molar-refractivity contribution in [3.05, 3.63) is 54.0 Å². The summed E-state index contributed by atoms with van der Waals surface area (Å²) in [7, 11) is -0.291. The van der Waals surface area contributed by atoms with Crippen LogP contribution in [0.4, 0.5) is 0 Å². The zero-order valence-corrected chi connectivity index (χ0v) is 13.1. The van der Waals surface area contributed by atoms with Crippen LogP contribution in [0.2, 0.25) is 0 Å². The molecule has 6 heteroatoms. The number of nitrogens with zero attached hydrogens (tertiary/aromatic N) is 1. The van der Waals surface area contributed by atoms with E-state index in [1.165, 1.54) is 18.4 Å². The average Bonchev–Trinajstić information content (AvgIpc) is 2.92. The summed E-state index contributed by atoms with van der Waals surface area (Å²) in [6.45, 7) is 0. The minimum absolute atomic E-state index is 0.332. The van der Waals surface area contributed by atoms with Gasteiger partial charge in [0.25, 0.3) is 0 Å². The van der Waals surface area contributed by atoms with E-state index in [-0.39, 0.29) is 0 Å². The first-order valence-electron chi connectivity index (χ1n) is 6.12. The van der Waals surface area contributed by atoms with Crippen molar-refractivity contribution in [1.29, 1.82) is 0 Å². The molecule has 1 aromatic carbocycles. The second-order valence-corrected chi connectivity index (χ2v) is 7.64. The van der Waals surface area contributed by atoms with Crippen molar-refractivity contribution in [2.24, 2.45) is 0 Å². The van der Waals surface area contributed by atoms with E-state index in [9.17, 15) is 8.42 Å². The van der Waals surface area contributed by atoms with Gasteiger partial charge < -0.3 is 4.42 Å². The van der Waals surface area contributed by atoms with Gasteiger partial charge in [-0.25, -0.2) is 12.7 Å². The number of benzene rings is 1. The van der Waals surface area contributed by atoms with Crippen molar-refractivity contribution in [1.82, 2.24) is 4.31 Å². The Bertz CT molecular complexity index is 649. The molecule has 0 atom stereocenters. The number of hydrogen-bond donors (Lipinski definition) is 0. The summed E-state index contributed by atoms with van der Waals surface area (Å²) in [5.41, 5.74) is 0.990. The van der Waals surface area contributed by atoms with E-state index in [0.29, 0.717) is 4.90 Å². The molecule has 0 aliphatic heterocycles. The number of thioether (sulfide) groups is 1. The number of hydrogen-bond acceptors (Lipinski definition) is 4. The molecule has 2 aromatic rings. The number of rotatable bonds is 6. The van der Waals surface area contributed by atoms with Gasteiger partial charge in [-0.2, -0.15) is 0 Å². The van der Waals surface area contributed by atoms with Gasteiger partial charge >= 0.3 is 0 Å². The summed E-state index contributed by atoms with van der Waals surface area (Å²) < 4.78 is 30.6. The Morgan fingerprint density at radius 2 is 1.95 bits per heavy atom. The zero-order valence-electron chi connectivity index (χ0n) is 11.4. The molecule has 108 valence electrons. The third-order valence-corrected chi connectivity index (χ3v) is 5.61. The maximum absolute atomic E-state index is 12.0. The highest BCUT2D eigenvalue weighted by molar-refractivity contribution is 7.97. The van der Waals surface area contributed by atoms with E-state index in [1.807, 2.05) is 18.2 Å². The summed E-state index contributed by atoms with van der Waals surface area (Å²) in [5, 5.41) is 0. The van der Waals surface area contributed by atoms with E-state index in [0.717, 1.165) is 22.8 Å². The maximum Gasteiger partial charge on any atom is 0.242 e. The summed E-state index contributed by atoms with van der Waals surface area (Å²) in [6.07, 6.45) is 1.65. The van der Waals surface area contributed by atoms with Crippen LogP contribution < -0.4 is 0 Å². The Labute approximate surface area is 123 Å². The molecule has 0 spiro atoms. The van der Waals surface area contributed by atoms with Gasteiger partial charge in [-0.1, -0.05) is 12.1 Å². The van der Waals surface area contributed by atoms with Crippen molar-refractivity contribution in [3.63, 3.8) is 0 Å². The Morgan fingerprint density at radius 1 is 1.15 bits per heavy atom. The molecule has 20 heavy (non-hydrogen) atoms. The lowest BCUT2D eigenvalue weighted by molar-refractivity contribution is 0.520. The predicted molar refractivity (Wildman–Crippen MR) is 81.0 cm³/mol. The monoisotopic (exact) mass is 311 g/mol. The van der Waals surface area contributed by atoms with Gasteiger partial charge in [0.15, 0.2) is 0 Å². The molecule has 0 aliphatic carbocycles. The molecule has 0 saturated heterocycles. The lowest BCUT2D eigenvalue weighted by atomic mass is 10.2. The van der Waals surface area contributed by atoms with E-state index in [1.54, 1.807) is 36.2 Å². The third-order valence-electron chi connectivity index (χ3n) is 2.77. The van der Waals surface area contributed by atoms with Crippen LogP contribution >= 0.6 is 11.8 Å². The normalized spacial score (nSPS) is 11.9. The van der Waals surface area contributed by atoms with Crippen LogP contribution in [-0.4, -0.2) is 26.8 Å². The summed E-state index contributed by atoms with van der Waals surface area (Å²) in [5.74, 6) is 2.45. The van der Waals surface area contributed by atoms with Crippen molar-refractivity contribution >= 4 is 21.8 Å². The van der Waals surface area contributed by atoms with Crippen LogP contribution in [0.15, 0.2) is 52.0 Å². The van der Waals surface area contributed by atoms with Crippen molar-refractivity contribution in [3.8, 4) is 0 Å². The van der Waals surface area contributed by atoms with Crippen LogP contribution in [0.25, 0.3) is 0 Å². The molecule has 0 radical (unpaired) electrons. The molecule has 0 N–H and O–H groups in total. The molecule has 0 saturated carbocycles. The Hall–Kier alpha value is -1.24. The summed E-state index contributed by atoms with van der Waals surface area (Å²) in [4.78, 5) is 0.332. The second kappa shape index (κ2) is 6.47. The number of furan rings is 1. The Morgan fingerprint density at radius 3 is 2.60 bits per heavy atom. The number of sulfonamides is 1. The van der Waals surface area contributed by atoms with Gasteiger partial charge in [0, 0.05) is 19.8 Å². The lowest BCUT2D eigenvalue weighted by Crippen LogP contribution is -2.22. The van der Waals surface area contributed by atoms with Crippen molar-refractivity contribution < 1.29 is 12.8 Å². The first-order valence-corrected chi connectivity index (χ1v) is 8.71. The smallest absolute Gasteiger partial charge is 0.242 e. The van der Waals surface area contributed by atoms with E-state index >= 15 is 0 Å². The summed E-state index contributed by atoms with van der Waals surface area (Å²) in [6, 6.07) is 10.9. The predicted octanol–water partition coefficient (Wildman–Crippen LogP) is 2.96. The van der Waals surface area contributed by atoms with Crippen LogP contribution in [0.5, 0.6) is 0 Å². The maximum atomic E-state index is 12.0. The highest BCUT2D eigenvalue weighted by Gasteiger charge is 2.16. The highest BCUT2D eigenvalue weighted by Crippen LogP contribution is 2.21. The van der Waals surface area contributed by atoms with Crippen molar-refractivity contribution in [2.75, 3.05) is 14.1 Å². The molecular weight excluding hydrogens is 294 g/mol. The van der Waals surface area contributed by atoms with Gasteiger partial charge in [-0.05, 0) is 29.8 Å². The topological polar surface area (TPSA) is 50.5 Å². The molecule has 1 heterocycles. The van der Waals surface area contributed by atoms with Crippen LogP contribution in [-0.2, 0) is 21.5 Å². The molecule has 0 fully saturated rings.